The first-order valence-electron chi connectivity index (χ1n) is 8.40. The van der Waals surface area contributed by atoms with Gasteiger partial charge in [-0.1, -0.05) is 30.0 Å². The zero-order valence-electron chi connectivity index (χ0n) is 14.3. The van der Waals surface area contributed by atoms with Crippen LogP contribution in [0.2, 0.25) is 0 Å². The molecule has 0 spiro atoms. The molecule has 1 aromatic carbocycles. The molecule has 3 aromatic rings. The Morgan fingerprint density at radius 1 is 1.11 bits per heavy atom. The predicted molar refractivity (Wildman–Crippen MR) is 102 cm³/mol. The fraction of sp³-hybridized carbons (Fsp3) is 0.158. The van der Waals surface area contributed by atoms with E-state index in [0.29, 0.717) is 17.4 Å². The van der Waals surface area contributed by atoms with Crippen LogP contribution in [0.5, 0.6) is 0 Å². The molecule has 7 nitrogen and oxygen atoms in total. The maximum Gasteiger partial charge on any atom is 0.292 e. The van der Waals surface area contributed by atoms with Crippen molar-refractivity contribution in [3.8, 4) is 0 Å². The van der Waals surface area contributed by atoms with Crippen molar-refractivity contribution in [2.45, 2.75) is 11.4 Å². The number of anilines is 2. The quantitative estimate of drug-likeness (QED) is 0.685. The van der Waals surface area contributed by atoms with E-state index in [0.717, 1.165) is 12.1 Å². The highest BCUT2D eigenvalue weighted by Gasteiger charge is 2.24. The molecule has 0 bridgehead atoms. The number of carbonyl (C=O) groups excluding carboxylic acids is 2. The zero-order chi connectivity index (χ0) is 18.6. The smallest absolute Gasteiger partial charge is 0.292 e. The molecule has 0 unspecified atom stereocenters. The number of amides is 2. The SMILES string of the molecule is O=C(Nc1ccc(SCC(=O)N2CCc3ccccc32)nn1)c1ccco1. The highest BCUT2D eigenvalue weighted by molar-refractivity contribution is 7.99. The van der Waals surface area contributed by atoms with Crippen molar-refractivity contribution < 1.29 is 14.0 Å². The Bertz CT molecular complexity index is 957. The summed E-state index contributed by atoms with van der Waals surface area (Å²) in [4.78, 5) is 26.2. The summed E-state index contributed by atoms with van der Waals surface area (Å²) >= 11 is 1.32. The number of aromatic nitrogens is 2. The third-order valence-electron chi connectivity index (χ3n) is 4.16. The van der Waals surface area contributed by atoms with Crippen molar-refractivity contribution in [2.75, 3.05) is 22.5 Å². The van der Waals surface area contributed by atoms with Crippen molar-refractivity contribution in [1.29, 1.82) is 0 Å². The normalized spacial score (nSPS) is 12.7. The van der Waals surface area contributed by atoms with E-state index in [2.05, 4.69) is 21.6 Å². The first-order chi connectivity index (χ1) is 13.2. The monoisotopic (exact) mass is 380 g/mol. The highest BCUT2D eigenvalue weighted by Crippen LogP contribution is 2.28. The van der Waals surface area contributed by atoms with E-state index in [-0.39, 0.29) is 17.4 Å². The van der Waals surface area contributed by atoms with Gasteiger partial charge in [0, 0.05) is 12.2 Å². The largest absolute Gasteiger partial charge is 0.459 e. The van der Waals surface area contributed by atoms with Crippen molar-refractivity contribution in [2.24, 2.45) is 0 Å². The molecule has 0 radical (unpaired) electrons. The highest BCUT2D eigenvalue weighted by atomic mass is 32.2. The minimum Gasteiger partial charge on any atom is -0.459 e. The number of rotatable bonds is 5. The molecule has 0 fully saturated rings. The lowest BCUT2D eigenvalue weighted by Crippen LogP contribution is -2.30. The molecule has 0 saturated carbocycles. The molecule has 3 heterocycles. The van der Waals surface area contributed by atoms with Gasteiger partial charge in [0.2, 0.25) is 5.91 Å². The van der Waals surface area contributed by atoms with Gasteiger partial charge in [0.05, 0.1) is 12.0 Å². The van der Waals surface area contributed by atoms with Crippen molar-refractivity contribution in [3.63, 3.8) is 0 Å². The molecule has 4 rings (SSSR count). The number of hydrogen-bond acceptors (Lipinski definition) is 6. The summed E-state index contributed by atoms with van der Waals surface area (Å²) in [5.74, 6) is 0.452. The van der Waals surface area contributed by atoms with Gasteiger partial charge in [-0.2, -0.15) is 0 Å². The molecule has 0 atom stereocenters. The molecule has 2 aromatic heterocycles. The summed E-state index contributed by atoms with van der Waals surface area (Å²) in [6.07, 6.45) is 2.31. The van der Waals surface area contributed by atoms with Crippen LogP contribution in [0.3, 0.4) is 0 Å². The van der Waals surface area contributed by atoms with E-state index in [4.69, 9.17) is 4.42 Å². The molecule has 2 amide bonds. The minimum absolute atomic E-state index is 0.0435. The van der Waals surface area contributed by atoms with E-state index < -0.39 is 5.91 Å². The predicted octanol–water partition coefficient (Wildman–Crippen LogP) is 3.00. The van der Waals surface area contributed by atoms with Crippen LogP contribution in [-0.2, 0) is 11.2 Å². The lowest BCUT2D eigenvalue weighted by molar-refractivity contribution is -0.116. The second-order valence-corrected chi connectivity index (χ2v) is 6.90. The third-order valence-corrected chi connectivity index (χ3v) is 5.06. The Morgan fingerprint density at radius 2 is 2.00 bits per heavy atom. The summed E-state index contributed by atoms with van der Waals surface area (Å²) in [6, 6.07) is 14.5. The standard InChI is InChI=1S/C19H16N4O3S/c24-18(23-10-9-13-4-1-2-5-14(13)23)12-27-17-8-7-16(21-22-17)20-19(25)15-6-3-11-26-15/h1-8,11H,9-10,12H2,(H,20,21,25). The fourth-order valence-electron chi connectivity index (χ4n) is 2.86. The first-order valence-corrected chi connectivity index (χ1v) is 9.39. The molecule has 27 heavy (non-hydrogen) atoms. The zero-order valence-corrected chi connectivity index (χ0v) is 15.1. The Morgan fingerprint density at radius 3 is 2.78 bits per heavy atom. The van der Waals surface area contributed by atoms with Gasteiger partial charge in [-0.05, 0) is 42.3 Å². The van der Waals surface area contributed by atoms with Gasteiger partial charge in [-0.25, -0.2) is 0 Å². The van der Waals surface area contributed by atoms with Crippen LogP contribution in [0.25, 0.3) is 0 Å². The molecule has 1 aliphatic rings. The van der Waals surface area contributed by atoms with Crippen molar-refractivity contribution in [1.82, 2.24) is 10.2 Å². The number of furan rings is 1. The molecule has 1 N–H and O–H groups in total. The van der Waals surface area contributed by atoms with Gasteiger partial charge in [0.1, 0.15) is 5.03 Å². The van der Waals surface area contributed by atoms with Crippen LogP contribution in [0, 0.1) is 0 Å². The minimum atomic E-state index is -0.391. The lowest BCUT2D eigenvalue weighted by Gasteiger charge is -2.16. The van der Waals surface area contributed by atoms with Crippen LogP contribution < -0.4 is 10.2 Å². The summed E-state index contributed by atoms with van der Waals surface area (Å²) in [5.41, 5.74) is 2.19. The van der Waals surface area contributed by atoms with E-state index >= 15 is 0 Å². The number of fused-ring (bicyclic) bond motifs is 1. The number of nitrogens with one attached hydrogen (secondary N) is 1. The van der Waals surface area contributed by atoms with Gasteiger partial charge >= 0.3 is 0 Å². The number of carbonyl (C=O) groups is 2. The fourth-order valence-corrected chi connectivity index (χ4v) is 3.55. The van der Waals surface area contributed by atoms with E-state index in [1.54, 1.807) is 24.3 Å². The first kappa shape index (κ1) is 17.3. The summed E-state index contributed by atoms with van der Waals surface area (Å²) in [5, 5.41) is 11.2. The number of para-hydroxylation sites is 1. The Hall–Kier alpha value is -3.13. The van der Waals surface area contributed by atoms with Crippen molar-refractivity contribution in [3.05, 3.63) is 66.1 Å². The van der Waals surface area contributed by atoms with E-state index in [1.807, 2.05) is 23.1 Å². The number of nitrogens with zero attached hydrogens (tertiary/aromatic N) is 3. The number of thioether (sulfide) groups is 1. The topological polar surface area (TPSA) is 88.3 Å². The molecule has 1 aliphatic heterocycles. The average Bonchev–Trinajstić information content (AvgIpc) is 3.37. The maximum atomic E-state index is 12.5. The molecule has 8 heteroatoms. The van der Waals surface area contributed by atoms with Crippen LogP contribution in [0.4, 0.5) is 11.5 Å². The second-order valence-electron chi connectivity index (χ2n) is 5.90. The molecular weight excluding hydrogens is 364 g/mol. The molecule has 0 saturated heterocycles. The summed E-state index contributed by atoms with van der Waals surface area (Å²) in [6.45, 7) is 0.710. The lowest BCUT2D eigenvalue weighted by atomic mass is 10.2. The van der Waals surface area contributed by atoms with Crippen LogP contribution in [0.1, 0.15) is 16.1 Å². The average molecular weight is 380 g/mol. The van der Waals surface area contributed by atoms with Crippen LogP contribution in [-0.4, -0.2) is 34.3 Å². The maximum absolute atomic E-state index is 12.5. The second kappa shape index (κ2) is 7.63. The van der Waals surface area contributed by atoms with E-state index in [9.17, 15) is 9.59 Å². The molecular formula is C19H16N4O3S. The van der Waals surface area contributed by atoms with Gasteiger partial charge in [0.15, 0.2) is 11.6 Å². The summed E-state index contributed by atoms with van der Waals surface area (Å²) < 4.78 is 5.02. The van der Waals surface area contributed by atoms with Gasteiger partial charge in [-0.15, -0.1) is 10.2 Å². The molecule has 136 valence electrons. The number of benzene rings is 1. The Labute approximate surface area is 159 Å². The van der Waals surface area contributed by atoms with Gasteiger partial charge < -0.3 is 14.6 Å². The van der Waals surface area contributed by atoms with Crippen LogP contribution in [0.15, 0.2) is 64.2 Å². The van der Waals surface area contributed by atoms with Crippen LogP contribution >= 0.6 is 11.8 Å². The summed E-state index contributed by atoms with van der Waals surface area (Å²) in [7, 11) is 0. The third kappa shape index (κ3) is 3.85. The Kier molecular flexibility index (Phi) is 4.88. The number of hydrogen-bond donors (Lipinski definition) is 1. The molecule has 0 aliphatic carbocycles. The van der Waals surface area contributed by atoms with Gasteiger partial charge in [0.25, 0.3) is 5.91 Å². The van der Waals surface area contributed by atoms with E-state index in [1.165, 1.54) is 23.6 Å². The van der Waals surface area contributed by atoms with Gasteiger partial charge in [-0.3, -0.25) is 9.59 Å². The Balaban J connectivity index is 1.33. The van der Waals surface area contributed by atoms with Crippen molar-refractivity contribution >= 4 is 35.1 Å².